The number of phenols is 1. The average Bonchev–Trinajstić information content (AvgIpc) is 3.03. The first kappa shape index (κ1) is 19.1. The molecule has 2 saturated heterocycles. The number of phenolic OH excluding ortho intramolecular Hbond substituents is 1. The summed E-state index contributed by atoms with van der Waals surface area (Å²) in [6, 6.07) is 5.11. The van der Waals surface area contributed by atoms with Crippen LogP contribution in [0.1, 0.15) is 36.0 Å². The molecule has 2 atom stereocenters. The zero-order valence-corrected chi connectivity index (χ0v) is 16.5. The number of nitrogens with zero attached hydrogens (tertiary/aromatic N) is 4. The third kappa shape index (κ3) is 3.32. The van der Waals surface area contributed by atoms with Crippen molar-refractivity contribution in [2.75, 3.05) is 31.6 Å². The fourth-order valence-electron chi connectivity index (χ4n) is 4.75. The quantitative estimate of drug-likeness (QED) is 0.863. The highest BCUT2D eigenvalue weighted by atomic mass is 19.3. The summed E-state index contributed by atoms with van der Waals surface area (Å²) in [5, 5.41) is 18.8. The molecule has 2 fully saturated rings. The Balaban J connectivity index is 1.75. The first-order valence-electron chi connectivity index (χ1n) is 9.76. The Morgan fingerprint density at radius 3 is 2.57 bits per heavy atom. The highest BCUT2D eigenvalue weighted by Gasteiger charge is 2.39. The summed E-state index contributed by atoms with van der Waals surface area (Å²) in [5.74, 6) is 0.840. The maximum atomic E-state index is 14.0. The number of aryl methyl sites for hydroxylation is 2. The highest BCUT2D eigenvalue weighted by Crippen LogP contribution is 2.40. The molecule has 1 N–H and O–H groups in total. The molecule has 7 heteroatoms. The van der Waals surface area contributed by atoms with Crippen molar-refractivity contribution >= 4 is 5.82 Å². The van der Waals surface area contributed by atoms with Gasteiger partial charge in [-0.1, -0.05) is 6.07 Å². The Bertz CT molecular complexity index is 866. The second kappa shape index (κ2) is 7.28. The first-order chi connectivity index (χ1) is 13.3. The van der Waals surface area contributed by atoms with Gasteiger partial charge >= 0.3 is 0 Å². The molecule has 5 nitrogen and oxygen atoms in total. The topological polar surface area (TPSA) is 52.5 Å². The monoisotopic (exact) mass is 388 g/mol. The normalized spacial score (nSPS) is 22.7. The van der Waals surface area contributed by atoms with E-state index in [0.717, 1.165) is 43.6 Å². The zero-order valence-electron chi connectivity index (χ0n) is 16.5. The van der Waals surface area contributed by atoms with Crippen LogP contribution in [0.5, 0.6) is 5.75 Å². The van der Waals surface area contributed by atoms with Gasteiger partial charge in [0.1, 0.15) is 5.75 Å². The fraction of sp³-hybridized carbons (Fsp3) is 0.524. The fourth-order valence-corrected chi connectivity index (χ4v) is 4.75. The van der Waals surface area contributed by atoms with E-state index >= 15 is 0 Å². The Morgan fingerprint density at radius 2 is 1.86 bits per heavy atom. The summed E-state index contributed by atoms with van der Waals surface area (Å²) in [6.07, 6.45) is -0.566. The summed E-state index contributed by atoms with van der Waals surface area (Å²) >= 11 is 0. The van der Waals surface area contributed by atoms with Gasteiger partial charge in [-0.15, -0.1) is 10.2 Å². The number of aromatic hydroxyl groups is 1. The number of aromatic nitrogens is 2. The van der Waals surface area contributed by atoms with Crippen molar-refractivity contribution in [1.82, 2.24) is 15.1 Å². The molecule has 0 unspecified atom stereocenters. The molecular weight excluding hydrogens is 362 g/mol. The summed E-state index contributed by atoms with van der Waals surface area (Å²) < 4.78 is 28.0. The van der Waals surface area contributed by atoms with Crippen LogP contribution < -0.4 is 4.90 Å². The first-order valence-corrected chi connectivity index (χ1v) is 9.76. The molecule has 28 heavy (non-hydrogen) atoms. The van der Waals surface area contributed by atoms with Crippen LogP contribution in [-0.2, 0) is 0 Å². The number of piperidine rings is 1. The SMILES string of the molecule is Cc1cc(C)c(-c2cc(C(F)F)c(N3CC[C@@H]4CCN(C)C[C@@H]43)nn2)c(O)c1. The van der Waals surface area contributed by atoms with Gasteiger partial charge in [0.25, 0.3) is 6.43 Å². The van der Waals surface area contributed by atoms with Gasteiger partial charge in [-0.05, 0) is 69.5 Å². The second-order valence-electron chi connectivity index (χ2n) is 8.15. The smallest absolute Gasteiger partial charge is 0.267 e. The van der Waals surface area contributed by atoms with Gasteiger partial charge in [-0.3, -0.25) is 0 Å². The molecule has 150 valence electrons. The molecular formula is C21H26F2N4O. The lowest BCUT2D eigenvalue weighted by atomic mass is 9.92. The number of likely N-dealkylation sites (tertiary alicyclic amines) is 1. The Morgan fingerprint density at radius 1 is 1.11 bits per heavy atom. The molecule has 4 rings (SSSR count). The number of likely N-dealkylation sites (N-methyl/N-ethyl adjacent to an activating group) is 1. The van der Waals surface area contributed by atoms with Gasteiger partial charge in [0.05, 0.1) is 11.3 Å². The minimum atomic E-state index is -2.66. The van der Waals surface area contributed by atoms with Crippen LogP contribution >= 0.6 is 0 Å². The van der Waals surface area contributed by atoms with Crippen LogP contribution in [0.15, 0.2) is 18.2 Å². The number of benzene rings is 1. The molecule has 2 aromatic rings. The van der Waals surface area contributed by atoms with Gasteiger partial charge in [0, 0.05) is 24.7 Å². The minimum Gasteiger partial charge on any atom is -0.507 e. The molecule has 3 heterocycles. The molecule has 1 aromatic carbocycles. The van der Waals surface area contributed by atoms with Gasteiger partial charge in [0.15, 0.2) is 5.82 Å². The van der Waals surface area contributed by atoms with E-state index < -0.39 is 6.43 Å². The predicted molar refractivity (Wildman–Crippen MR) is 105 cm³/mol. The number of hydrogen-bond acceptors (Lipinski definition) is 5. The largest absolute Gasteiger partial charge is 0.507 e. The molecule has 2 aliphatic heterocycles. The van der Waals surface area contributed by atoms with E-state index in [1.54, 1.807) is 6.07 Å². The maximum Gasteiger partial charge on any atom is 0.267 e. The van der Waals surface area contributed by atoms with Crippen LogP contribution in [-0.4, -0.2) is 52.9 Å². The van der Waals surface area contributed by atoms with E-state index in [2.05, 4.69) is 22.1 Å². The minimum absolute atomic E-state index is 0.0370. The van der Waals surface area contributed by atoms with E-state index in [4.69, 9.17) is 0 Å². The van der Waals surface area contributed by atoms with E-state index in [1.165, 1.54) is 6.07 Å². The maximum absolute atomic E-state index is 14.0. The molecule has 1 aromatic heterocycles. The molecule has 0 aliphatic carbocycles. The highest BCUT2D eigenvalue weighted by molar-refractivity contribution is 5.72. The van der Waals surface area contributed by atoms with Crippen molar-refractivity contribution in [2.24, 2.45) is 5.92 Å². The molecule has 0 saturated carbocycles. The Kier molecular flexibility index (Phi) is 4.95. The van der Waals surface area contributed by atoms with Gasteiger partial charge in [0.2, 0.25) is 0 Å². The Hall–Kier alpha value is -2.28. The average molecular weight is 388 g/mol. The lowest BCUT2D eigenvalue weighted by Gasteiger charge is -2.37. The van der Waals surface area contributed by atoms with Crippen molar-refractivity contribution in [1.29, 1.82) is 0 Å². The third-order valence-corrected chi connectivity index (χ3v) is 6.09. The molecule has 0 amide bonds. The van der Waals surface area contributed by atoms with E-state index in [-0.39, 0.29) is 28.9 Å². The number of fused-ring (bicyclic) bond motifs is 1. The summed E-state index contributed by atoms with van der Waals surface area (Å²) in [4.78, 5) is 4.26. The Labute approximate surface area is 164 Å². The molecule has 0 bridgehead atoms. The van der Waals surface area contributed by atoms with E-state index in [0.29, 0.717) is 11.5 Å². The van der Waals surface area contributed by atoms with Gasteiger partial charge in [-0.25, -0.2) is 8.78 Å². The number of rotatable bonds is 3. The number of hydrogen-bond donors (Lipinski definition) is 1. The van der Waals surface area contributed by atoms with Crippen molar-refractivity contribution in [3.8, 4) is 17.0 Å². The number of anilines is 1. The second-order valence-corrected chi connectivity index (χ2v) is 8.15. The van der Waals surface area contributed by atoms with Gasteiger partial charge in [-0.2, -0.15) is 0 Å². The van der Waals surface area contributed by atoms with Crippen LogP contribution in [0.4, 0.5) is 14.6 Å². The van der Waals surface area contributed by atoms with E-state index in [1.807, 2.05) is 24.8 Å². The lowest BCUT2D eigenvalue weighted by molar-refractivity contribution is 0.150. The van der Waals surface area contributed by atoms with Crippen molar-refractivity contribution < 1.29 is 13.9 Å². The molecule has 2 aliphatic rings. The lowest BCUT2D eigenvalue weighted by Crippen LogP contribution is -2.47. The van der Waals surface area contributed by atoms with Crippen molar-refractivity contribution in [2.45, 2.75) is 39.2 Å². The van der Waals surface area contributed by atoms with Crippen LogP contribution in [0, 0.1) is 19.8 Å². The summed E-state index contributed by atoms with van der Waals surface area (Å²) in [5.41, 5.74) is 2.32. The third-order valence-electron chi connectivity index (χ3n) is 6.09. The van der Waals surface area contributed by atoms with Gasteiger partial charge < -0.3 is 14.9 Å². The van der Waals surface area contributed by atoms with Crippen LogP contribution in [0.3, 0.4) is 0 Å². The zero-order chi connectivity index (χ0) is 20.0. The van der Waals surface area contributed by atoms with Crippen LogP contribution in [0.2, 0.25) is 0 Å². The van der Waals surface area contributed by atoms with Crippen LogP contribution in [0.25, 0.3) is 11.3 Å². The van der Waals surface area contributed by atoms with E-state index in [9.17, 15) is 13.9 Å². The van der Waals surface area contributed by atoms with Crippen molar-refractivity contribution in [3.05, 3.63) is 34.9 Å². The predicted octanol–water partition coefficient (Wildman–Crippen LogP) is 3.93. The standard InChI is InChI=1S/C21H26F2N4O/c1-12-8-13(2)19(18(28)9-12)16-10-15(20(22)23)21(25-24-16)27-7-5-14-4-6-26(3)11-17(14)27/h8-10,14,17,20,28H,4-7,11H2,1-3H3/t14-,17-/m0/s1. The molecule has 0 radical (unpaired) electrons. The number of halogens is 2. The summed E-state index contributed by atoms with van der Waals surface area (Å²) in [7, 11) is 2.07. The van der Waals surface area contributed by atoms with Crippen molar-refractivity contribution in [3.63, 3.8) is 0 Å². The summed E-state index contributed by atoms with van der Waals surface area (Å²) in [6.45, 7) is 6.34. The molecule has 0 spiro atoms. The number of alkyl halides is 2.